The van der Waals surface area contributed by atoms with Crippen molar-refractivity contribution < 1.29 is 19.5 Å². The molecular formula is C20H21ClN2O4. The lowest BCUT2D eigenvalue weighted by Gasteiger charge is -2.25. The Kier molecular flexibility index (Phi) is 6.23. The van der Waals surface area contributed by atoms with Gasteiger partial charge in [-0.3, -0.25) is 14.4 Å². The monoisotopic (exact) mass is 388 g/mol. The largest absolute Gasteiger partial charge is 0.480 e. The second-order valence-electron chi connectivity index (χ2n) is 6.67. The maximum atomic E-state index is 12.7. The molecule has 0 bridgehead atoms. The number of rotatable bonds is 6. The maximum absolute atomic E-state index is 12.7. The fraction of sp³-hybridized carbons (Fsp3) is 0.250. The van der Waals surface area contributed by atoms with Crippen LogP contribution in [-0.2, 0) is 15.0 Å². The van der Waals surface area contributed by atoms with Crippen molar-refractivity contribution in [1.82, 2.24) is 5.32 Å². The van der Waals surface area contributed by atoms with Crippen molar-refractivity contribution in [1.29, 1.82) is 0 Å². The van der Waals surface area contributed by atoms with Crippen LogP contribution in [0.15, 0.2) is 48.5 Å². The van der Waals surface area contributed by atoms with Crippen LogP contribution in [0.3, 0.4) is 0 Å². The molecule has 0 saturated heterocycles. The summed E-state index contributed by atoms with van der Waals surface area (Å²) in [5.41, 5.74) is 0.669. The molecule has 0 radical (unpaired) electrons. The van der Waals surface area contributed by atoms with Crippen molar-refractivity contribution >= 4 is 35.1 Å². The third-order valence-electron chi connectivity index (χ3n) is 4.24. The minimum Gasteiger partial charge on any atom is -0.480 e. The predicted octanol–water partition coefficient (Wildman–Crippen LogP) is 3.46. The van der Waals surface area contributed by atoms with Crippen molar-refractivity contribution in [2.75, 3.05) is 5.32 Å². The van der Waals surface area contributed by atoms with Gasteiger partial charge in [0, 0.05) is 16.3 Å². The molecule has 7 heteroatoms. The lowest BCUT2D eigenvalue weighted by atomic mass is 9.83. The van der Waals surface area contributed by atoms with Crippen LogP contribution in [0.2, 0.25) is 5.02 Å². The minimum atomic E-state index is -1.12. The third kappa shape index (κ3) is 4.86. The fourth-order valence-corrected chi connectivity index (χ4v) is 2.80. The molecule has 0 spiro atoms. The second kappa shape index (κ2) is 8.22. The lowest BCUT2D eigenvalue weighted by Crippen LogP contribution is -2.38. The lowest BCUT2D eigenvalue weighted by molar-refractivity contribution is -0.138. The number of carboxylic acid groups (broad SMARTS) is 1. The molecule has 3 N–H and O–H groups in total. The van der Waals surface area contributed by atoms with Crippen LogP contribution >= 0.6 is 11.6 Å². The molecule has 2 amide bonds. The summed E-state index contributed by atoms with van der Waals surface area (Å²) < 4.78 is 0. The molecule has 27 heavy (non-hydrogen) atoms. The number of carboxylic acids is 1. The Morgan fingerprint density at radius 1 is 1.04 bits per heavy atom. The summed E-state index contributed by atoms with van der Waals surface area (Å²) >= 11 is 6.21. The number of hydrogen-bond acceptors (Lipinski definition) is 3. The third-order valence-corrected chi connectivity index (χ3v) is 4.57. The molecule has 0 aliphatic carbocycles. The molecule has 0 saturated carbocycles. The highest BCUT2D eigenvalue weighted by Crippen LogP contribution is 2.30. The molecule has 2 aromatic rings. The van der Waals surface area contributed by atoms with Crippen LogP contribution in [0.4, 0.5) is 5.69 Å². The van der Waals surface area contributed by atoms with Gasteiger partial charge in [0.1, 0.15) is 6.04 Å². The highest BCUT2D eigenvalue weighted by Gasteiger charge is 2.31. The first kappa shape index (κ1) is 20.5. The van der Waals surface area contributed by atoms with E-state index in [2.05, 4.69) is 10.6 Å². The average Bonchev–Trinajstić information content (AvgIpc) is 2.62. The van der Waals surface area contributed by atoms with Crippen molar-refractivity contribution in [3.05, 3.63) is 64.7 Å². The molecule has 0 aliphatic rings. The van der Waals surface area contributed by atoms with E-state index in [-0.39, 0.29) is 5.91 Å². The summed E-state index contributed by atoms with van der Waals surface area (Å²) in [5, 5.41) is 14.5. The van der Waals surface area contributed by atoms with E-state index in [1.165, 1.54) is 19.1 Å². The summed E-state index contributed by atoms with van der Waals surface area (Å²) in [7, 11) is 0. The maximum Gasteiger partial charge on any atom is 0.325 e. The zero-order chi connectivity index (χ0) is 20.2. The molecular weight excluding hydrogens is 368 g/mol. The van der Waals surface area contributed by atoms with Gasteiger partial charge in [0.15, 0.2) is 0 Å². The molecule has 0 aliphatic heterocycles. The zero-order valence-electron chi connectivity index (χ0n) is 15.2. The van der Waals surface area contributed by atoms with E-state index in [1.54, 1.807) is 44.2 Å². The Balaban J connectivity index is 2.10. The second-order valence-corrected chi connectivity index (χ2v) is 7.08. The number of benzene rings is 2. The molecule has 2 aromatic carbocycles. The van der Waals surface area contributed by atoms with Crippen LogP contribution in [-0.4, -0.2) is 28.9 Å². The molecule has 6 nitrogen and oxygen atoms in total. The Morgan fingerprint density at radius 2 is 1.63 bits per heavy atom. The van der Waals surface area contributed by atoms with E-state index in [9.17, 15) is 14.4 Å². The van der Waals surface area contributed by atoms with Crippen molar-refractivity contribution in [3.8, 4) is 0 Å². The molecule has 1 atom stereocenters. The Hall–Kier alpha value is -2.86. The topological polar surface area (TPSA) is 95.5 Å². The number of carbonyl (C=O) groups is 3. The van der Waals surface area contributed by atoms with E-state index < -0.39 is 23.3 Å². The van der Waals surface area contributed by atoms with Gasteiger partial charge in [-0.25, -0.2) is 0 Å². The Labute approximate surface area is 162 Å². The molecule has 0 heterocycles. The smallest absolute Gasteiger partial charge is 0.325 e. The Morgan fingerprint density at radius 3 is 2.19 bits per heavy atom. The summed E-state index contributed by atoms with van der Waals surface area (Å²) in [6.45, 7) is 4.93. The highest BCUT2D eigenvalue weighted by molar-refractivity contribution is 6.31. The van der Waals surface area contributed by atoms with Gasteiger partial charge in [-0.05, 0) is 56.7 Å². The van der Waals surface area contributed by atoms with Crippen molar-refractivity contribution in [2.45, 2.75) is 32.2 Å². The van der Waals surface area contributed by atoms with E-state index in [1.807, 2.05) is 6.07 Å². The summed E-state index contributed by atoms with van der Waals surface area (Å²) in [5.74, 6) is -1.86. The van der Waals surface area contributed by atoms with Crippen LogP contribution in [0, 0.1) is 0 Å². The SMILES string of the molecule is CC(NC(=O)c1ccc(NC(=O)C(C)(C)c2ccccc2Cl)cc1)C(=O)O. The quantitative estimate of drug-likeness (QED) is 0.706. The fourth-order valence-electron chi connectivity index (χ4n) is 2.42. The van der Waals surface area contributed by atoms with E-state index in [0.29, 0.717) is 21.8 Å². The molecule has 0 fully saturated rings. The first-order valence-electron chi connectivity index (χ1n) is 8.33. The minimum absolute atomic E-state index is 0.243. The van der Waals surface area contributed by atoms with E-state index >= 15 is 0 Å². The number of carbonyl (C=O) groups excluding carboxylic acids is 2. The molecule has 1 unspecified atom stereocenters. The van der Waals surface area contributed by atoms with Gasteiger partial charge in [0.25, 0.3) is 5.91 Å². The standard InChI is InChI=1S/C20H21ClN2O4/c1-12(18(25)26)22-17(24)13-8-10-14(11-9-13)23-19(27)20(2,3)15-6-4-5-7-16(15)21/h4-12H,1-3H3,(H,22,24)(H,23,27)(H,25,26). The van der Waals surface area contributed by atoms with E-state index in [4.69, 9.17) is 16.7 Å². The van der Waals surface area contributed by atoms with Crippen LogP contribution in [0.5, 0.6) is 0 Å². The number of aliphatic carboxylic acids is 1. The van der Waals surface area contributed by atoms with Crippen LogP contribution < -0.4 is 10.6 Å². The van der Waals surface area contributed by atoms with Crippen molar-refractivity contribution in [3.63, 3.8) is 0 Å². The number of halogens is 1. The van der Waals surface area contributed by atoms with Gasteiger partial charge in [-0.15, -0.1) is 0 Å². The number of hydrogen-bond donors (Lipinski definition) is 3. The van der Waals surface area contributed by atoms with Gasteiger partial charge in [-0.1, -0.05) is 29.8 Å². The van der Waals surface area contributed by atoms with Crippen LogP contribution in [0.25, 0.3) is 0 Å². The number of amides is 2. The van der Waals surface area contributed by atoms with Crippen molar-refractivity contribution in [2.24, 2.45) is 0 Å². The summed E-state index contributed by atoms with van der Waals surface area (Å²) in [6.07, 6.45) is 0. The normalized spacial score (nSPS) is 12.1. The molecule has 2 rings (SSSR count). The van der Waals surface area contributed by atoms with Gasteiger partial charge in [0.2, 0.25) is 5.91 Å². The van der Waals surface area contributed by atoms with Gasteiger partial charge in [0.05, 0.1) is 5.41 Å². The Bertz CT molecular complexity index is 863. The number of anilines is 1. The first-order valence-corrected chi connectivity index (χ1v) is 8.71. The van der Waals surface area contributed by atoms with Gasteiger partial charge < -0.3 is 15.7 Å². The zero-order valence-corrected chi connectivity index (χ0v) is 16.0. The van der Waals surface area contributed by atoms with Crippen LogP contribution in [0.1, 0.15) is 36.7 Å². The highest BCUT2D eigenvalue weighted by atomic mass is 35.5. The number of nitrogens with one attached hydrogen (secondary N) is 2. The van der Waals surface area contributed by atoms with E-state index in [0.717, 1.165) is 0 Å². The molecule has 0 aromatic heterocycles. The van der Waals surface area contributed by atoms with Gasteiger partial charge in [-0.2, -0.15) is 0 Å². The summed E-state index contributed by atoms with van der Waals surface area (Å²) in [6, 6.07) is 12.4. The summed E-state index contributed by atoms with van der Waals surface area (Å²) in [4.78, 5) is 35.5. The van der Waals surface area contributed by atoms with Gasteiger partial charge >= 0.3 is 5.97 Å². The predicted molar refractivity (Wildman–Crippen MR) is 104 cm³/mol. The average molecular weight is 389 g/mol. The molecule has 142 valence electrons. The first-order chi connectivity index (χ1) is 12.6.